The summed E-state index contributed by atoms with van der Waals surface area (Å²) in [6.07, 6.45) is 1.34. The Balaban J connectivity index is 2.46. The molecule has 76 valence electrons. The molecule has 1 aromatic rings. The van der Waals surface area contributed by atoms with E-state index in [2.05, 4.69) is 0 Å². The largest absolute Gasteiger partial charge is 0.489 e. The maximum atomic E-state index is 12.6. The minimum absolute atomic E-state index is 0.0722. The van der Waals surface area contributed by atoms with E-state index in [-0.39, 0.29) is 19.0 Å². The molecule has 0 fully saturated rings. The molecule has 0 aliphatic carbocycles. The summed E-state index contributed by atoms with van der Waals surface area (Å²) < 4.78 is 17.9. The maximum absolute atomic E-state index is 12.6. The zero-order chi connectivity index (χ0) is 10.4. The lowest BCUT2D eigenvalue weighted by Crippen LogP contribution is -2.01. The zero-order valence-electron chi connectivity index (χ0n) is 8.16. The van der Waals surface area contributed by atoms with Crippen molar-refractivity contribution in [1.82, 2.24) is 0 Å². The van der Waals surface area contributed by atoms with Crippen molar-refractivity contribution < 1.29 is 9.13 Å². The molecular weight excluding hydrogens is 181 g/mol. The predicted octanol–water partition coefficient (Wildman–Crippen LogP) is 2.19. The Kier molecular flexibility index (Phi) is 4.13. The van der Waals surface area contributed by atoms with E-state index >= 15 is 0 Å². The van der Waals surface area contributed by atoms with Crippen molar-refractivity contribution in [3.63, 3.8) is 0 Å². The molecule has 1 rings (SSSR count). The minimum Gasteiger partial charge on any atom is -0.489 e. The van der Waals surface area contributed by atoms with Crippen LogP contribution in [0.4, 0.5) is 4.39 Å². The highest BCUT2D eigenvalue weighted by atomic mass is 19.1. The Labute approximate surface area is 83.2 Å². The number of halogens is 1. The van der Waals surface area contributed by atoms with Crippen molar-refractivity contribution in [2.24, 2.45) is 5.73 Å². The highest BCUT2D eigenvalue weighted by molar-refractivity contribution is 5.27. The molecule has 0 unspecified atom stereocenters. The number of benzene rings is 1. The number of aryl methyl sites for hydroxylation is 1. The molecule has 2 nitrogen and oxygen atoms in total. The third-order valence-corrected chi connectivity index (χ3v) is 1.74. The third-order valence-electron chi connectivity index (χ3n) is 1.74. The van der Waals surface area contributed by atoms with Crippen LogP contribution in [-0.2, 0) is 0 Å². The fraction of sp³-hybridized carbons (Fsp3) is 0.273. The third kappa shape index (κ3) is 3.58. The highest BCUT2D eigenvalue weighted by Gasteiger charge is 1.93. The van der Waals surface area contributed by atoms with Gasteiger partial charge in [-0.05, 0) is 30.7 Å². The minimum atomic E-state index is -0.349. The van der Waals surface area contributed by atoms with E-state index in [1.807, 2.05) is 31.2 Å². The van der Waals surface area contributed by atoms with E-state index in [4.69, 9.17) is 10.5 Å². The smallest absolute Gasteiger partial charge is 0.120 e. The lowest BCUT2D eigenvalue weighted by molar-refractivity contribution is 0.358. The van der Waals surface area contributed by atoms with Crippen LogP contribution >= 0.6 is 0 Å². The van der Waals surface area contributed by atoms with Crippen molar-refractivity contribution in [3.05, 3.63) is 41.7 Å². The van der Waals surface area contributed by atoms with Gasteiger partial charge in [0.1, 0.15) is 18.2 Å². The van der Waals surface area contributed by atoms with Gasteiger partial charge in [-0.3, -0.25) is 0 Å². The standard InChI is InChI=1S/C11H14FNO/c1-9-3-2-4-11(7-9)14-6-5-10(12)8-13/h2-5,7H,6,8,13H2,1H3/b10-5+. The number of nitrogens with two attached hydrogens (primary N) is 1. The van der Waals surface area contributed by atoms with Gasteiger partial charge in [-0.2, -0.15) is 0 Å². The van der Waals surface area contributed by atoms with Crippen LogP contribution in [0.5, 0.6) is 5.75 Å². The predicted molar refractivity (Wildman–Crippen MR) is 54.9 cm³/mol. The molecule has 0 saturated carbocycles. The Hall–Kier alpha value is -1.35. The van der Waals surface area contributed by atoms with Crippen LogP contribution in [0.25, 0.3) is 0 Å². The molecule has 2 N–H and O–H groups in total. The van der Waals surface area contributed by atoms with Gasteiger partial charge in [0.05, 0.1) is 0 Å². The normalized spacial score (nSPS) is 11.5. The summed E-state index contributed by atoms with van der Waals surface area (Å²) in [6.45, 7) is 2.12. The van der Waals surface area contributed by atoms with E-state index in [1.54, 1.807) is 0 Å². The zero-order valence-corrected chi connectivity index (χ0v) is 8.16. The van der Waals surface area contributed by atoms with E-state index in [0.29, 0.717) is 0 Å². The van der Waals surface area contributed by atoms with Gasteiger partial charge in [-0.1, -0.05) is 12.1 Å². The monoisotopic (exact) mass is 195 g/mol. The van der Waals surface area contributed by atoms with Crippen molar-refractivity contribution in [3.8, 4) is 5.75 Å². The van der Waals surface area contributed by atoms with Gasteiger partial charge in [0.25, 0.3) is 0 Å². The summed E-state index contributed by atoms with van der Waals surface area (Å²) >= 11 is 0. The molecule has 0 spiro atoms. The molecular formula is C11H14FNO. The van der Waals surface area contributed by atoms with Crippen LogP contribution in [0.1, 0.15) is 5.56 Å². The first-order chi connectivity index (χ1) is 6.72. The number of hydrogen-bond acceptors (Lipinski definition) is 2. The Morgan fingerprint density at radius 1 is 1.57 bits per heavy atom. The van der Waals surface area contributed by atoms with Crippen molar-refractivity contribution in [2.75, 3.05) is 13.2 Å². The summed E-state index contributed by atoms with van der Waals surface area (Å²) in [7, 11) is 0. The fourth-order valence-corrected chi connectivity index (χ4v) is 1.02. The van der Waals surface area contributed by atoms with Gasteiger partial charge in [0, 0.05) is 6.54 Å². The second-order valence-electron chi connectivity index (χ2n) is 2.98. The molecule has 0 heterocycles. The van der Waals surface area contributed by atoms with Crippen molar-refractivity contribution in [1.29, 1.82) is 0 Å². The van der Waals surface area contributed by atoms with E-state index in [9.17, 15) is 4.39 Å². The topological polar surface area (TPSA) is 35.2 Å². The molecule has 0 bridgehead atoms. The summed E-state index contributed by atoms with van der Waals surface area (Å²) in [6, 6.07) is 7.60. The van der Waals surface area contributed by atoms with Gasteiger partial charge in [-0.15, -0.1) is 0 Å². The van der Waals surface area contributed by atoms with Gasteiger partial charge >= 0.3 is 0 Å². The quantitative estimate of drug-likeness (QED) is 0.799. The molecule has 14 heavy (non-hydrogen) atoms. The SMILES string of the molecule is Cc1cccc(OC/C=C(/F)CN)c1. The van der Waals surface area contributed by atoms with Crippen molar-refractivity contribution >= 4 is 0 Å². The first-order valence-electron chi connectivity index (χ1n) is 4.46. The van der Waals surface area contributed by atoms with Gasteiger partial charge < -0.3 is 10.5 Å². The summed E-state index contributed by atoms with van der Waals surface area (Å²) in [5.74, 6) is 0.392. The Morgan fingerprint density at radius 3 is 3.00 bits per heavy atom. The van der Waals surface area contributed by atoms with Gasteiger partial charge in [0.2, 0.25) is 0 Å². The fourth-order valence-electron chi connectivity index (χ4n) is 1.02. The summed E-state index contributed by atoms with van der Waals surface area (Å²) in [5, 5.41) is 0. The van der Waals surface area contributed by atoms with Crippen LogP contribution in [-0.4, -0.2) is 13.2 Å². The average Bonchev–Trinajstić information content (AvgIpc) is 2.17. The van der Waals surface area contributed by atoms with Crippen LogP contribution in [0.2, 0.25) is 0 Å². The average molecular weight is 195 g/mol. The van der Waals surface area contributed by atoms with Crippen LogP contribution in [0, 0.1) is 6.92 Å². The van der Waals surface area contributed by atoms with Crippen LogP contribution in [0.15, 0.2) is 36.2 Å². The van der Waals surface area contributed by atoms with Gasteiger partial charge in [-0.25, -0.2) is 4.39 Å². The van der Waals surface area contributed by atoms with Crippen LogP contribution in [0.3, 0.4) is 0 Å². The van der Waals surface area contributed by atoms with Crippen molar-refractivity contribution in [2.45, 2.75) is 6.92 Å². The summed E-state index contributed by atoms with van der Waals surface area (Å²) in [5.41, 5.74) is 6.19. The second kappa shape index (κ2) is 5.40. The van der Waals surface area contributed by atoms with Crippen LogP contribution < -0.4 is 10.5 Å². The second-order valence-corrected chi connectivity index (χ2v) is 2.98. The Bertz CT molecular complexity index is 323. The van der Waals surface area contributed by atoms with E-state index in [1.165, 1.54) is 6.08 Å². The summed E-state index contributed by atoms with van der Waals surface area (Å²) in [4.78, 5) is 0. The molecule has 0 radical (unpaired) electrons. The number of hydrogen-bond donors (Lipinski definition) is 1. The lowest BCUT2D eigenvalue weighted by Gasteiger charge is -2.03. The molecule has 0 aliphatic heterocycles. The molecule has 0 atom stereocenters. The van der Waals surface area contributed by atoms with E-state index < -0.39 is 0 Å². The van der Waals surface area contributed by atoms with E-state index in [0.717, 1.165) is 11.3 Å². The first kappa shape index (κ1) is 10.7. The molecule has 3 heteroatoms. The maximum Gasteiger partial charge on any atom is 0.120 e. The number of ether oxygens (including phenoxy) is 1. The molecule has 0 aliphatic rings. The molecule has 0 saturated heterocycles. The molecule has 0 amide bonds. The highest BCUT2D eigenvalue weighted by Crippen LogP contribution is 2.12. The molecule has 1 aromatic carbocycles. The number of rotatable bonds is 4. The van der Waals surface area contributed by atoms with Gasteiger partial charge in [0.15, 0.2) is 0 Å². The lowest BCUT2D eigenvalue weighted by atomic mass is 10.2. The molecule has 0 aromatic heterocycles. The Morgan fingerprint density at radius 2 is 2.36 bits per heavy atom. The first-order valence-corrected chi connectivity index (χ1v) is 4.46.